The number of ether oxygens (including phenoxy) is 1. The highest BCUT2D eigenvalue weighted by molar-refractivity contribution is 9.10. The van der Waals surface area contributed by atoms with Crippen LogP contribution in [0.1, 0.15) is 24.2 Å². The van der Waals surface area contributed by atoms with Gasteiger partial charge in [-0.05, 0) is 24.6 Å². The standard InChI is InChI=1S/C13H14BrN3O2/c1-3-19-13(18)11(12-15-8-16-17(12)2)9-5-4-6-10(14)7-9/h4-8,11H,3H2,1-2H3. The Hall–Kier alpha value is -1.69. The zero-order valence-electron chi connectivity index (χ0n) is 10.7. The zero-order valence-corrected chi connectivity index (χ0v) is 12.3. The van der Waals surface area contributed by atoms with E-state index in [2.05, 4.69) is 26.0 Å². The number of hydrogen-bond donors (Lipinski definition) is 0. The molecule has 1 heterocycles. The van der Waals surface area contributed by atoms with Crippen molar-refractivity contribution in [1.29, 1.82) is 0 Å². The quantitative estimate of drug-likeness (QED) is 0.810. The average molecular weight is 324 g/mol. The predicted octanol–water partition coefficient (Wildman–Crippen LogP) is 2.27. The first kappa shape index (κ1) is 13.7. The second-order valence-electron chi connectivity index (χ2n) is 3.98. The maximum absolute atomic E-state index is 12.2. The summed E-state index contributed by atoms with van der Waals surface area (Å²) in [6.45, 7) is 2.12. The van der Waals surface area contributed by atoms with Crippen LogP contribution in [-0.2, 0) is 16.6 Å². The summed E-state index contributed by atoms with van der Waals surface area (Å²) in [5.41, 5.74) is 0.823. The Morgan fingerprint density at radius 3 is 2.89 bits per heavy atom. The molecule has 1 unspecified atom stereocenters. The Morgan fingerprint density at radius 2 is 2.32 bits per heavy atom. The minimum absolute atomic E-state index is 0.322. The first-order valence-electron chi connectivity index (χ1n) is 5.89. The van der Waals surface area contributed by atoms with Crippen LogP contribution in [0.5, 0.6) is 0 Å². The van der Waals surface area contributed by atoms with Gasteiger partial charge in [-0.15, -0.1) is 0 Å². The minimum Gasteiger partial charge on any atom is -0.465 e. The molecule has 0 N–H and O–H groups in total. The van der Waals surface area contributed by atoms with Crippen molar-refractivity contribution in [3.05, 3.63) is 46.5 Å². The number of aromatic nitrogens is 3. The van der Waals surface area contributed by atoms with Gasteiger partial charge in [0.1, 0.15) is 18.1 Å². The third-order valence-corrected chi connectivity index (χ3v) is 3.20. The molecular formula is C13H14BrN3O2. The van der Waals surface area contributed by atoms with Crippen LogP contribution in [0.3, 0.4) is 0 Å². The Bertz CT molecular complexity index is 583. The first-order valence-corrected chi connectivity index (χ1v) is 6.68. The molecule has 19 heavy (non-hydrogen) atoms. The van der Waals surface area contributed by atoms with Gasteiger partial charge in [0.25, 0.3) is 0 Å². The summed E-state index contributed by atoms with van der Waals surface area (Å²) in [4.78, 5) is 16.3. The molecule has 0 bridgehead atoms. The van der Waals surface area contributed by atoms with Crippen molar-refractivity contribution in [1.82, 2.24) is 14.8 Å². The maximum Gasteiger partial charge on any atom is 0.321 e. The van der Waals surface area contributed by atoms with E-state index in [4.69, 9.17) is 4.74 Å². The molecule has 0 saturated carbocycles. The number of hydrogen-bond acceptors (Lipinski definition) is 4. The van der Waals surface area contributed by atoms with Crippen LogP contribution in [0.4, 0.5) is 0 Å². The van der Waals surface area contributed by atoms with Crippen LogP contribution < -0.4 is 0 Å². The van der Waals surface area contributed by atoms with Crippen molar-refractivity contribution in [3.8, 4) is 0 Å². The lowest BCUT2D eigenvalue weighted by Crippen LogP contribution is -2.21. The zero-order chi connectivity index (χ0) is 13.8. The summed E-state index contributed by atoms with van der Waals surface area (Å²) >= 11 is 3.41. The van der Waals surface area contributed by atoms with Gasteiger partial charge in [0.2, 0.25) is 0 Å². The number of aryl methyl sites for hydroxylation is 1. The summed E-state index contributed by atoms with van der Waals surface area (Å²) in [5.74, 6) is -0.321. The number of carbonyl (C=O) groups is 1. The summed E-state index contributed by atoms with van der Waals surface area (Å²) < 4.78 is 7.63. The van der Waals surface area contributed by atoms with E-state index >= 15 is 0 Å². The molecule has 5 nitrogen and oxygen atoms in total. The summed E-state index contributed by atoms with van der Waals surface area (Å²) in [6, 6.07) is 7.54. The van der Waals surface area contributed by atoms with E-state index in [-0.39, 0.29) is 5.97 Å². The van der Waals surface area contributed by atoms with Crippen LogP contribution in [0.25, 0.3) is 0 Å². The van der Waals surface area contributed by atoms with Gasteiger partial charge in [0.05, 0.1) is 6.61 Å². The van der Waals surface area contributed by atoms with Gasteiger partial charge in [0, 0.05) is 11.5 Å². The molecular weight excluding hydrogens is 310 g/mol. The van der Waals surface area contributed by atoms with Gasteiger partial charge in [-0.2, -0.15) is 5.10 Å². The fourth-order valence-electron chi connectivity index (χ4n) is 1.87. The van der Waals surface area contributed by atoms with Crippen LogP contribution >= 0.6 is 15.9 Å². The lowest BCUT2D eigenvalue weighted by Gasteiger charge is -2.15. The summed E-state index contributed by atoms with van der Waals surface area (Å²) in [7, 11) is 1.76. The highest BCUT2D eigenvalue weighted by atomic mass is 79.9. The number of carbonyl (C=O) groups excluding carboxylic acids is 1. The van der Waals surface area contributed by atoms with E-state index in [1.165, 1.54) is 6.33 Å². The van der Waals surface area contributed by atoms with Gasteiger partial charge >= 0.3 is 5.97 Å². The Kier molecular flexibility index (Phi) is 4.31. The predicted molar refractivity (Wildman–Crippen MR) is 73.6 cm³/mol. The second kappa shape index (κ2) is 5.97. The van der Waals surface area contributed by atoms with Crippen molar-refractivity contribution in [2.75, 3.05) is 6.61 Å². The molecule has 6 heteroatoms. The maximum atomic E-state index is 12.2. The normalized spacial score (nSPS) is 12.2. The Labute approximate surface area is 119 Å². The van der Waals surface area contributed by atoms with Crippen LogP contribution in [0, 0.1) is 0 Å². The largest absolute Gasteiger partial charge is 0.465 e. The molecule has 1 aromatic heterocycles. The highest BCUT2D eigenvalue weighted by Gasteiger charge is 2.28. The number of benzene rings is 1. The SMILES string of the molecule is CCOC(=O)C(c1cccc(Br)c1)c1ncnn1C. The number of halogens is 1. The molecule has 0 saturated heterocycles. The van der Waals surface area contributed by atoms with Gasteiger partial charge < -0.3 is 4.74 Å². The van der Waals surface area contributed by atoms with E-state index in [9.17, 15) is 4.79 Å². The topological polar surface area (TPSA) is 57.0 Å². The molecule has 0 aliphatic carbocycles. The van der Waals surface area contributed by atoms with E-state index in [0.29, 0.717) is 12.4 Å². The summed E-state index contributed by atoms with van der Waals surface area (Å²) in [5, 5.41) is 4.01. The molecule has 0 fully saturated rings. The van der Waals surface area contributed by atoms with Crippen molar-refractivity contribution < 1.29 is 9.53 Å². The molecule has 0 aliphatic rings. The van der Waals surface area contributed by atoms with Crippen molar-refractivity contribution in [2.24, 2.45) is 7.05 Å². The van der Waals surface area contributed by atoms with E-state index in [1.54, 1.807) is 18.7 Å². The lowest BCUT2D eigenvalue weighted by molar-refractivity contribution is -0.144. The molecule has 2 aromatic rings. The van der Waals surface area contributed by atoms with E-state index in [1.807, 2.05) is 24.3 Å². The minimum atomic E-state index is -0.565. The van der Waals surface area contributed by atoms with Crippen LogP contribution in [0.2, 0.25) is 0 Å². The molecule has 2 rings (SSSR count). The van der Waals surface area contributed by atoms with Crippen LogP contribution in [0.15, 0.2) is 35.1 Å². The van der Waals surface area contributed by atoms with Crippen LogP contribution in [-0.4, -0.2) is 27.3 Å². The highest BCUT2D eigenvalue weighted by Crippen LogP contribution is 2.26. The van der Waals surface area contributed by atoms with E-state index < -0.39 is 5.92 Å². The Balaban J connectivity index is 2.46. The smallest absolute Gasteiger partial charge is 0.321 e. The molecule has 0 amide bonds. The van der Waals surface area contributed by atoms with Crippen molar-refractivity contribution in [2.45, 2.75) is 12.8 Å². The summed E-state index contributed by atoms with van der Waals surface area (Å²) in [6.07, 6.45) is 1.43. The fourth-order valence-corrected chi connectivity index (χ4v) is 2.29. The van der Waals surface area contributed by atoms with Gasteiger partial charge in [-0.1, -0.05) is 28.1 Å². The number of rotatable bonds is 4. The van der Waals surface area contributed by atoms with Gasteiger partial charge in [0.15, 0.2) is 0 Å². The van der Waals surface area contributed by atoms with E-state index in [0.717, 1.165) is 10.0 Å². The van der Waals surface area contributed by atoms with Gasteiger partial charge in [-0.25, -0.2) is 4.98 Å². The lowest BCUT2D eigenvalue weighted by atomic mass is 9.98. The van der Waals surface area contributed by atoms with Gasteiger partial charge in [-0.3, -0.25) is 9.48 Å². The number of esters is 1. The fraction of sp³-hybridized carbons (Fsp3) is 0.308. The molecule has 100 valence electrons. The average Bonchev–Trinajstić information content (AvgIpc) is 2.77. The molecule has 0 aliphatic heterocycles. The second-order valence-corrected chi connectivity index (χ2v) is 4.90. The van der Waals surface area contributed by atoms with Crippen molar-refractivity contribution >= 4 is 21.9 Å². The third-order valence-electron chi connectivity index (χ3n) is 2.71. The molecule has 1 aromatic carbocycles. The molecule has 0 radical (unpaired) electrons. The monoisotopic (exact) mass is 323 g/mol. The molecule has 1 atom stereocenters. The third kappa shape index (κ3) is 3.01. The number of nitrogens with zero attached hydrogens (tertiary/aromatic N) is 3. The molecule has 0 spiro atoms. The first-order chi connectivity index (χ1) is 9.13. The Morgan fingerprint density at radius 1 is 1.53 bits per heavy atom. The van der Waals surface area contributed by atoms with Crippen molar-refractivity contribution in [3.63, 3.8) is 0 Å².